The van der Waals surface area contributed by atoms with Crippen LogP contribution in [0, 0.1) is 0 Å². The van der Waals surface area contributed by atoms with Crippen molar-refractivity contribution in [2.75, 3.05) is 7.11 Å². The molecule has 0 unspecified atom stereocenters. The van der Waals surface area contributed by atoms with Crippen molar-refractivity contribution >= 4 is 12.4 Å². The molecule has 0 amide bonds. The van der Waals surface area contributed by atoms with E-state index in [0.29, 0.717) is 17.7 Å². The van der Waals surface area contributed by atoms with E-state index in [-0.39, 0.29) is 0 Å². The maximum atomic E-state index is 10.0. The Bertz CT molecular complexity index is 294. The number of carbonyl (C=O) groups is 1. The summed E-state index contributed by atoms with van der Waals surface area (Å²) >= 11 is 0. The van der Waals surface area contributed by atoms with Gasteiger partial charge < -0.3 is 4.74 Å². The fraction of sp³-hybridized carbons (Fsp3) is 0.111. The van der Waals surface area contributed by atoms with Gasteiger partial charge in [0.05, 0.1) is 7.11 Å². The first kappa shape index (κ1) is 8.46. The molecular weight excluding hydrogens is 154 g/mol. The van der Waals surface area contributed by atoms with Crippen LogP contribution in [0.2, 0.25) is 0 Å². The maximum Gasteiger partial charge on any atom is 0.144 e. The number of pyridine rings is 1. The first-order valence-corrected chi connectivity index (χ1v) is 3.49. The molecule has 0 bridgehead atoms. The van der Waals surface area contributed by atoms with Crippen LogP contribution in [0.4, 0.5) is 0 Å². The van der Waals surface area contributed by atoms with Crippen molar-refractivity contribution in [3.8, 4) is 5.75 Å². The first-order chi connectivity index (χ1) is 5.88. The lowest BCUT2D eigenvalue weighted by atomic mass is 10.3. The van der Waals surface area contributed by atoms with Crippen LogP contribution in [0.3, 0.4) is 0 Å². The molecule has 0 aliphatic carbocycles. The fourth-order valence-electron chi connectivity index (χ4n) is 0.831. The van der Waals surface area contributed by atoms with Crippen LogP contribution in [0.25, 0.3) is 6.08 Å². The third-order valence-electron chi connectivity index (χ3n) is 1.35. The molecule has 0 spiro atoms. The van der Waals surface area contributed by atoms with E-state index >= 15 is 0 Å². The van der Waals surface area contributed by atoms with Gasteiger partial charge in [0.1, 0.15) is 17.7 Å². The Morgan fingerprint density at radius 2 is 2.42 bits per heavy atom. The maximum absolute atomic E-state index is 10.0. The van der Waals surface area contributed by atoms with Gasteiger partial charge in [0.25, 0.3) is 0 Å². The van der Waals surface area contributed by atoms with Crippen molar-refractivity contribution in [2.24, 2.45) is 0 Å². The van der Waals surface area contributed by atoms with E-state index in [1.54, 1.807) is 31.5 Å². The van der Waals surface area contributed by atoms with Crippen molar-refractivity contribution in [3.63, 3.8) is 0 Å². The highest BCUT2D eigenvalue weighted by Crippen LogP contribution is 2.15. The van der Waals surface area contributed by atoms with Crippen LogP contribution in [0.5, 0.6) is 5.75 Å². The molecule has 0 aromatic carbocycles. The minimum absolute atomic E-state index is 0.659. The van der Waals surface area contributed by atoms with Crippen LogP contribution in [-0.2, 0) is 4.79 Å². The Kier molecular flexibility index (Phi) is 3.02. The first-order valence-electron chi connectivity index (χ1n) is 3.49. The summed E-state index contributed by atoms with van der Waals surface area (Å²) in [6.07, 6.45) is 5.33. The molecule has 1 heterocycles. The number of carbonyl (C=O) groups excluding carboxylic acids is 1. The number of aromatic nitrogens is 1. The Morgan fingerprint density at radius 3 is 3.08 bits per heavy atom. The highest BCUT2D eigenvalue weighted by Gasteiger charge is 1.96. The molecule has 0 saturated heterocycles. The number of nitrogens with zero attached hydrogens (tertiary/aromatic N) is 1. The van der Waals surface area contributed by atoms with Gasteiger partial charge in [-0.25, -0.2) is 0 Å². The second kappa shape index (κ2) is 4.28. The number of methoxy groups -OCH3 is 1. The van der Waals surface area contributed by atoms with Crippen molar-refractivity contribution in [1.29, 1.82) is 0 Å². The largest absolute Gasteiger partial charge is 0.494 e. The van der Waals surface area contributed by atoms with Gasteiger partial charge in [-0.1, -0.05) is 0 Å². The van der Waals surface area contributed by atoms with E-state index in [2.05, 4.69) is 4.98 Å². The number of rotatable bonds is 3. The molecule has 3 nitrogen and oxygen atoms in total. The zero-order chi connectivity index (χ0) is 8.81. The molecule has 0 fully saturated rings. The van der Waals surface area contributed by atoms with Gasteiger partial charge in [0.2, 0.25) is 0 Å². The molecule has 1 aromatic rings. The highest BCUT2D eigenvalue weighted by atomic mass is 16.5. The van der Waals surface area contributed by atoms with E-state index in [1.165, 1.54) is 6.08 Å². The predicted octanol–water partition coefficient (Wildman–Crippen LogP) is 1.30. The quantitative estimate of drug-likeness (QED) is 0.498. The van der Waals surface area contributed by atoms with Gasteiger partial charge in [-0.2, -0.15) is 0 Å². The Labute approximate surface area is 70.7 Å². The standard InChI is InChI=1S/C9H9NO2/c1-12-9-5-2-6-10-8(9)4-3-7-11/h2-7H,1H3. The number of hydrogen-bond donors (Lipinski definition) is 0. The smallest absolute Gasteiger partial charge is 0.144 e. The molecule has 0 atom stereocenters. The molecule has 3 heteroatoms. The number of aldehydes is 1. The van der Waals surface area contributed by atoms with Crippen LogP contribution in [0.15, 0.2) is 24.4 Å². The molecule has 0 N–H and O–H groups in total. The summed E-state index contributed by atoms with van der Waals surface area (Å²) in [5, 5.41) is 0. The highest BCUT2D eigenvalue weighted by molar-refractivity contribution is 5.74. The molecule has 1 aromatic heterocycles. The minimum atomic E-state index is 0.659. The van der Waals surface area contributed by atoms with Gasteiger partial charge in [0, 0.05) is 6.20 Å². The summed E-state index contributed by atoms with van der Waals surface area (Å²) in [5.41, 5.74) is 0.659. The Balaban J connectivity index is 2.96. The lowest BCUT2D eigenvalue weighted by Crippen LogP contribution is -1.88. The van der Waals surface area contributed by atoms with E-state index in [0.717, 1.165) is 0 Å². The van der Waals surface area contributed by atoms with Gasteiger partial charge in [-0.05, 0) is 24.3 Å². The molecule has 12 heavy (non-hydrogen) atoms. The zero-order valence-electron chi connectivity index (χ0n) is 6.73. The average molecular weight is 163 g/mol. The third kappa shape index (κ3) is 1.92. The SMILES string of the molecule is COc1cccnc1C=CC=O. The second-order valence-corrected chi connectivity index (χ2v) is 2.09. The number of allylic oxidation sites excluding steroid dienone is 1. The summed E-state index contributed by atoms with van der Waals surface area (Å²) in [5.74, 6) is 0.663. The van der Waals surface area contributed by atoms with Crippen LogP contribution in [-0.4, -0.2) is 18.4 Å². The van der Waals surface area contributed by atoms with Crippen molar-refractivity contribution in [2.45, 2.75) is 0 Å². The molecule has 62 valence electrons. The Morgan fingerprint density at radius 1 is 1.58 bits per heavy atom. The third-order valence-corrected chi connectivity index (χ3v) is 1.35. The summed E-state index contributed by atoms with van der Waals surface area (Å²) in [6.45, 7) is 0. The van der Waals surface area contributed by atoms with Gasteiger partial charge in [0.15, 0.2) is 0 Å². The topological polar surface area (TPSA) is 39.2 Å². The lowest BCUT2D eigenvalue weighted by molar-refractivity contribution is -0.104. The molecule has 0 aliphatic heterocycles. The molecule has 1 rings (SSSR count). The predicted molar refractivity (Wildman–Crippen MR) is 45.9 cm³/mol. The second-order valence-electron chi connectivity index (χ2n) is 2.09. The molecule has 0 saturated carbocycles. The monoisotopic (exact) mass is 163 g/mol. The van der Waals surface area contributed by atoms with E-state index in [9.17, 15) is 4.79 Å². The summed E-state index contributed by atoms with van der Waals surface area (Å²) in [6, 6.07) is 3.56. The fourth-order valence-corrected chi connectivity index (χ4v) is 0.831. The van der Waals surface area contributed by atoms with Gasteiger partial charge in [-0.15, -0.1) is 0 Å². The van der Waals surface area contributed by atoms with Crippen LogP contribution in [0.1, 0.15) is 5.69 Å². The van der Waals surface area contributed by atoms with Crippen molar-refractivity contribution < 1.29 is 9.53 Å². The van der Waals surface area contributed by atoms with Gasteiger partial charge >= 0.3 is 0 Å². The van der Waals surface area contributed by atoms with Crippen molar-refractivity contribution in [3.05, 3.63) is 30.1 Å². The zero-order valence-corrected chi connectivity index (χ0v) is 6.73. The normalized spacial score (nSPS) is 10.1. The molecular formula is C9H9NO2. The molecule has 0 radical (unpaired) electrons. The lowest BCUT2D eigenvalue weighted by Gasteiger charge is -2.00. The van der Waals surface area contributed by atoms with E-state index < -0.39 is 0 Å². The van der Waals surface area contributed by atoms with E-state index in [1.807, 2.05) is 0 Å². The number of hydrogen-bond acceptors (Lipinski definition) is 3. The van der Waals surface area contributed by atoms with Crippen LogP contribution >= 0.6 is 0 Å². The van der Waals surface area contributed by atoms with E-state index in [4.69, 9.17) is 4.74 Å². The summed E-state index contributed by atoms with van der Waals surface area (Å²) in [7, 11) is 1.56. The number of ether oxygens (including phenoxy) is 1. The van der Waals surface area contributed by atoms with Crippen molar-refractivity contribution in [1.82, 2.24) is 4.98 Å². The minimum Gasteiger partial charge on any atom is -0.494 e. The summed E-state index contributed by atoms with van der Waals surface area (Å²) < 4.78 is 5.01. The molecule has 0 aliphatic rings. The van der Waals surface area contributed by atoms with Gasteiger partial charge in [-0.3, -0.25) is 9.78 Å². The summed E-state index contributed by atoms with van der Waals surface area (Å²) in [4.78, 5) is 14.0. The average Bonchev–Trinajstić information content (AvgIpc) is 2.15. The van der Waals surface area contributed by atoms with Crippen LogP contribution < -0.4 is 4.74 Å². The Hall–Kier alpha value is -1.64.